The molecule has 2 rings (SSSR count). The third-order valence-electron chi connectivity index (χ3n) is 2.86. The Bertz CT molecular complexity index is 307. The van der Waals surface area contributed by atoms with Crippen LogP contribution in [-0.4, -0.2) is 26.7 Å². The first-order valence-corrected chi connectivity index (χ1v) is 7.09. The number of nitrogens with one attached hydrogen (secondary N) is 1. The maximum Gasteiger partial charge on any atom is 0.0917 e. The number of hydrogen-bond donors (Lipinski definition) is 1. The van der Waals surface area contributed by atoms with Gasteiger partial charge in [0.25, 0.3) is 0 Å². The summed E-state index contributed by atoms with van der Waals surface area (Å²) in [6, 6.07) is 2.20. The number of nitrogens with zero attached hydrogens (tertiary/aromatic N) is 1. The molecule has 0 saturated carbocycles. The maximum absolute atomic E-state index is 3.50. The van der Waals surface area contributed by atoms with Gasteiger partial charge >= 0.3 is 0 Å². The van der Waals surface area contributed by atoms with Crippen molar-refractivity contribution in [3.8, 4) is 0 Å². The fourth-order valence-electron chi connectivity index (χ4n) is 2.06. The van der Waals surface area contributed by atoms with Crippen molar-refractivity contribution in [3.05, 3.63) is 15.9 Å². The molecule has 2 heterocycles. The molecule has 15 heavy (non-hydrogen) atoms. The van der Waals surface area contributed by atoms with Crippen LogP contribution in [0.1, 0.15) is 12.8 Å². The van der Waals surface area contributed by atoms with E-state index in [-0.39, 0.29) is 0 Å². The molecule has 1 aromatic rings. The lowest BCUT2D eigenvalue weighted by molar-refractivity contribution is 0.381. The van der Waals surface area contributed by atoms with Crippen LogP contribution >= 0.6 is 27.3 Å². The van der Waals surface area contributed by atoms with Gasteiger partial charge in [-0.1, -0.05) is 0 Å². The molecule has 1 aliphatic heterocycles. The van der Waals surface area contributed by atoms with Crippen LogP contribution in [0.15, 0.2) is 15.9 Å². The van der Waals surface area contributed by atoms with Gasteiger partial charge in [0.15, 0.2) is 0 Å². The molecule has 1 atom stereocenters. The van der Waals surface area contributed by atoms with Crippen LogP contribution in [0, 0.1) is 5.92 Å². The smallest absolute Gasteiger partial charge is 0.0917 e. The minimum atomic E-state index is 0.810. The molecule has 1 N–H and O–H groups in total. The van der Waals surface area contributed by atoms with Crippen molar-refractivity contribution >= 4 is 32.3 Å². The molecule has 1 fully saturated rings. The molecule has 1 unspecified atom stereocenters. The van der Waals surface area contributed by atoms with Gasteiger partial charge in [-0.2, -0.15) is 0 Å². The molecule has 0 spiro atoms. The largest absolute Gasteiger partial charge is 0.366 e. The molecule has 2 nitrogen and oxygen atoms in total. The second kappa shape index (κ2) is 5.32. The number of piperidine rings is 1. The van der Waals surface area contributed by atoms with Crippen LogP contribution in [-0.2, 0) is 0 Å². The molecule has 0 bridgehead atoms. The topological polar surface area (TPSA) is 15.3 Å². The van der Waals surface area contributed by atoms with Gasteiger partial charge in [-0.05, 0) is 53.8 Å². The predicted octanol–water partition coefficient (Wildman–Crippen LogP) is 2.95. The average Bonchev–Trinajstić information content (AvgIpc) is 2.66. The number of thiophene rings is 1. The van der Waals surface area contributed by atoms with Crippen molar-refractivity contribution in [2.24, 2.45) is 5.92 Å². The highest BCUT2D eigenvalue weighted by atomic mass is 79.9. The van der Waals surface area contributed by atoms with E-state index in [1.807, 2.05) is 0 Å². The first kappa shape index (κ1) is 11.4. The van der Waals surface area contributed by atoms with Gasteiger partial charge in [0, 0.05) is 23.4 Å². The molecule has 4 heteroatoms. The van der Waals surface area contributed by atoms with Gasteiger partial charge in [-0.25, -0.2) is 0 Å². The van der Waals surface area contributed by atoms with Crippen molar-refractivity contribution in [2.75, 3.05) is 31.6 Å². The fraction of sp³-hybridized carbons (Fsp3) is 0.636. The summed E-state index contributed by atoms with van der Waals surface area (Å²) in [5.41, 5.74) is 0. The molecule has 84 valence electrons. The molecule has 1 saturated heterocycles. The Hall–Kier alpha value is -0.0600. The summed E-state index contributed by atoms with van der Waals surface area (Å²) in [5.74, 6) is 0.810. The van der Waals surface area contributed by atoms with E-state index in [1.54, 1.807) is 11.3 Å². The molecule has 0 aliphatic carbocycles. The van der Waals surface area contributed by atoms with E-state index in [4.69, 9.17) is 0 Å². The van der Waals surface area contributed by atoms with E-state index < -0.39 is 0 Å². The number of anilines is 1. The Balaban J connectivity index is 1.88. The molecule has 1 aliphatic rings. The Morgan fingerprint density at radius 2 is 2.53 bits per heavy atom. The molecule has 1 aromatic heterocycles. The van der Waals surface area contributed by atoms with Crippen LogP contribution < -0.4 is 10.2 Å². The lowest BCUT2D eigenvalue weighted by Crippen LogP contribution is -2.36. The monoisotopic (exact) mass is 288 g/mol. The predicted molar refractivity (Wildman–Crippen MR) is 70.9 cm³/mol. The minimum absolute atomic E-state index is 0.810. The molecular formula is C11H17BrN2S. The van der Waals surface area contributed by atoms with Crippen LogP contribution in [0.4, 0.5) is 5.00 Å². The van der Waals surface area contributed by atoms with E-state index in [2.05, 4.69) is 44.6 Å². The summed E-state index contributed by atoms with van der Waals surface area (Å²) in [6.45, 7) is 3.54. The SMILES string of the molecule is CN(CC1CCCNC1)c1cc(Br)cs1. The standard InChI is InChI=1S/C11H17BrN2S/c1-14(11-5-10(12)8-15-11)7-9-3-2-4-13-6-9/h5,8-9,13H,2-4,6-7H2,1H3. The van der Waals surface area contributed by atoms with E-state index in [0.29, 0.717) is 0 Å². The summed E-state index contributed by atoms with van der Waals surface area (Å²) in [4.78, 5) is 2.37. The van der Waals surface area contributed by atoms with Gasteiger partial charge < -0.3 is 10.2 Å². The summed E-state index contributed by atoms with van der Waals surface area (Å²) >= 11 is 5.30. The molecular weight excluding hydrogens is 272 g/mol. The van der Waals surface area contributed by atoms with E-state index >= 15 is 0 Å². The average molecular weight is 289 g/mol. The van der Waals surface area contributed by atoms with Crippen LogP contribution in [0.2, 0.25) is 0 Å². The fourth-order valence-corrected chi connectivity index (χ4v) is 3.46. The molecule has 0 aromatic carbocycles. The molecule has 0 radical (unpaired) electrons. The Morgan fingerprint density at radius 1 is 1.67 bits per heavy atom. The van der Waals surface area contributed by atoms with Crippen molar-refractivity contribution in [3.63, 3.8) is 0 Å². The second-order valence-electron chi connectivity index (χ2n) is 4.20. The summed E-state index contributed by atoms with van der Waals surface area (Å²) in [5, 5.41) is 6.96. The zero-order valence-electron chi connectivity index (χ0n) is 9.00. The lowest BCUT2D eigenvalue weighted by atomic mass is 9.99. The van der Waals surface area contributed by atoms with Gasteiger partial charge in [0.1, 0.15) is 0 Å². The second-order valence-corrected chi connectivity index (χ2v) is 6.00. The Kier molecular flexibility index (Phi) is 4.05. The highest BCUT2D eigenvalue weighted by Gasteiger charge is 2.15. The number of halogens is 1. The van der Waals surface area contributed by atoms with Crippen LogP contribution in [0.5, 0.6) is 0 Å². The number of hydrogen-bond acceptors (Lipinski definition) is 3. The summed E-state index contributed by atoms with van der Waals surface area (Å²) in [6.07, 6.45) is 2.69. The first-order valence-electron chi connectivity index (χ1n) is 5.41. The van der Waals surface area contributed by atoms with E-state index in [9.17, 15) is 0 Å². The Labute approximate surface area is 104 Å². The minimum Gasteiger partial charge on any atom is -0.366 e. The van der Waals surface area contributed by atoms with E-state index in [0.717, 1.165) is 5.92 Å². The highest BCUT2D eigenvalue weighted by Crippen LogP contribution is 2.28. The van der Waals surface area contributed by atoms with Crippen LogP contribution in [0.25, 0.3) is 0 Å². The summed E-state index contributed by atoms with van der Waals surface area (Å²) in [7, 11) is 2.19. The third-order valence-corrected chi connectivity index (χ3v) is 4.66. The lowest BCUT2D eigenvalue weighted by Gasteiger charge is -2.27. The van der Waals surface area contributed by atoms with Gasteiger partial charge in [-0.3, -0.25) is 0 Å². The highest BCUT2D eigenvalue weighted by molar-refractivity contribution is 9.10. The maximum atomic E-state index is 3.50. The summed E-state index contributed by atoms with van der Waals surface area (Å²) < 4.78 is 1.19. The quantitative estimate of drug-likeness (QED) is 0.920. The zero-order valence-corrected chi connectivity index (χ0v) is 11.4. The van der Waals surface area contributed by atoms with Crippen molar-refractivity contribution in [2.45, 2.75) is 12.8 Å². The van der Waals surface area contributed by atoms with Gasteiger partial charge in [0.05, 0.1) is 5.00 Å². The van der Waals surface area contributed by atoms with Crippen molar-refractivity contribution < 1.29 is 0 Å². The first-order chi connectivity index (χ1) is 7.25. The van der Waals surface area contributed by atoms with E-state index in [1.165, 1.54) is 41.9 Å². The van der Waals surface area contributed by atoms with Gasteiger partial charge in [0.2, 0.25) is 0 Å². The van der Waals surface area contributed by atoms with Crippen molar-refractivity contribution in [1.82, 2.24) is 5.32 Å². The molecule has 0 amide bonds. The van der Waals surface area contributed by atoms with Crippen molar-refractivity contribution in [1.29, 1.82) is 0 Å². The Morgan fingerprint density at radius 3 is 3.13 bits per heavy atom. The third kappa shape index (κ3) is 3.20. The normalized spacial score (nSPS) is 21.6. The van der Waals surface area contributed by atoms with Gasteiger partial charge in [-0.15, -0.1) is 11.3 Å². The van der Waals surface area contributed by atoms with Crippen LogP contribution in [0.3, 0.4) is 0 Å². The zero-order chi connectivity index (χ0) is 10.7. The number of rotatable bonds is 3.